The van der Waals surface area contributed by atoms with Crippen molar-refractivity contribution in [2.45, 2.75) is 20.0 Å². The summed E-state index contributed by atoms with van der Waals surface area (Å²) >= 11 is 0. The van der Waals surface area contributed by atoms with E-state index in [1.54, 1.807) is 23.3 Å². The highest BCUT2D eigenvalue weighted by Crippen LogP contribution is 2.01. The van der Waals surface area contributed by atoms with Gasteiger partial charge in [-0.05, 0) is 6.92 Å². The molecule has 21 heavy (non-hydrogen) atoms. The van der Waals surface area contributed by atoms with Crippen molar-refractivity contribution in [2.24, 2.45) is 12.0 Å². The summed E-state index contributed by atoms with van der Waals surface area (Å²) in [5, 5.41) is 11.1. The predicted octanol–water partition coefficient (Wildman–Crippen LogP) is 1.02. The summed E-state index contributed by atoms with van der Waals surface area (Å²) < 4.78 is 6.54. The molecule has 2 aromatic heterocycles. The van der Waals surface area contributed by atoms with Crippen LogP contribution in [-0.4, -0.2) is 44.4 Å². The normalized spacial score (nSPS) is 11.1. The summed E-state index contributed by atoms with van der Waals surface area (Å²) in [6.07, 6.45) is 3.09. The lowest BCUT2D eigenvalue weighted by molar-refractivity contribution is 0.411. The van der Waals surface area contributed by atoms with Gasteiger partial charge in [0.15, 0.2) is 5.96 Å². The van der Waals surface area contributed by atoms with E-state index in [0.717, 1.165) is 24.0 Å². The highest BCUT2D eigenvalue weighted by molar-refractivity contribution is 14.0. The van der Waals surface area contributed by atoms with Crippen molar-refractivity contribution < 1.29 is 4.52 Å². The van der Waals surface area contributed by atoms with Crippen molar-refractivity contribution in [3.05, 3.63) is 30.2 Å². The molecular formula is C12H20IN7O. The highest BCUT2D eigenvalue weighted by atomic mass is 127. The number of rotatable bonds is 5. The van der Waals surface area contributed by atoms with Gasteiger partial charge >= 0.3 is 0 Å². The number of guanidine groups is 1. The number of aromatic nitrogens is 4. The quantitative estimate of drug-likeness (QED) is 0.454. The Hall–Kier alpha value is -1.65. The molecule has 2 heterocycles. The zero-order valence-electron chi connectivity index (χ0n) is 12.4. The molecule has 0 saturated carbocycles. The van der Waals surface area contributed by atoms with Crippen LogP contribution in [0.5, 0.6) is 0 Å². The SMILES string of the molecule is CCNC(=NCc1ccon1)N(C)Cc1ncnn1C.I. The van der Waals surface area contributed by atoms with Crippen molar-refractivity contribution in [3.63, 3.8) is 0 Å². The van der Waals surface area contributed by atoms with Crippen molar-refractivity contribution in [2.75, 3.05) is 13.6 Å². The largest absolute Gasteiger partial charge is 0.364 e. The second-order valence-electron chi connectivity index (χ2n) is 4.32. The Morgan fingerprint density at radius 2 is 2.33 bits per heavy atom. The number of hydrogen-bond donors (Lipinski definition) is 1. The number of aliphatic imine (C=N–C) groups is 1. The summed E-state index contributed by atoms with van der Waals surface area (Å²) in [5.74, 6) is 1.66. The molecule has 0 spiro atoms. The predicted molar refractivity (Wildman–Crippen MR) is 89.2 cm³/mol. The van der Waals surface area contributed by atoms with Crippen molar-refractivity contribution in [3.8, 4) is 0 Å². The summed E-state index contributed by atoms with van der Waals surface area (Å²) in [6, 6.07) is 1.80. The van der Waals surface area contributed by atoms with Gasteiger partial charge in [-0.25, -0.2) is 9.98 Å². The first kappa shape index (κ1) is 17.4. The molecule has 0 aliphatic carbocycles. The standard InChI is InChI=1S/C12H19N7O.HI/c1-4-13-12(14-7-10-5-6-20-17-10)18(2)8-11-15-9-16-19(11)3;/h5-6,9H,4,7-8H2,1-3H3,(H,13,14);1H. The molecule has 0 aromatic carbocycles. The number of halogens is 1. The van der Waals surface area contributed by atoms with Gasteiger partial charge in [-0.1, -0.05) is 5.16 Å². The van der Waals surface area contributed by atoms with Crippen LogP contribution in [0.25, 0.3) is 0 Å². The molecule has 0 saturated heterocycles. The maximum absolute atomic E-state index is 4.79. The van der Waals surface area contributed by atoms with Crippen molar-refractivity contribution in [1.29, 1.82) is 0 Å². The number of nitrogens with zero attached hydrogens (tertiary/aromatic N) is 6. The minimum Gasteiger partial charge on any atom is -0.364 e. The number of nitrogens with one attached hydrogen (secondary N) is 1. The van der Waals surface area contributed by atoms with Gasteiger partial charge in [0.1, 0.15) is 24.1 Å². The molecule has 2 aromatic rings. The Morgan fingerprint density at radius 3 is 2.90 bits per heavy atom. The Morgan fingerprint density at radius 1 is 1.52 bits per heavy atom. The average molecular weight is 405 g/mol. The van der Waals surface area contributed by atoms with Crippen LogP contribution in [0.1, 0.15) is 18.4 Å². The molecule has 0 bridgehead atoms. The fourth-order valence-corrected chi connectivity index (χ4v) is 1.69. The van der Waals surface area contributed by atoms with Gasteiger partial charge in [0.05, 0.1) is 13.1 Å². The average Bonchev–Trinajstić information content (AvgIpc) is 3.07. The smallest absolute Gasteiger partial charge is 0.194 e. The molecule has 0 aliphatic rings. The summed E-state index contributed by atoms with van der Waals surface area (Å²) in [4.78, 5) is 10.7. The second kappa shape index (κ2) is 8.60. The topological polar surface area (TPSA) is 84.4 Å². The van der Waals surface area contributed by atoms with Gasteiger partial charge in [0.25, 0.3) is 0 Å². The molecule has 0 amide bonds. The number of hydrogen-bond acceptors (Lipinski definition) is 5. The minimum atomic E-state index is 0. The molecule has 0 radical (unpaired) electrons. The molecule has 0 atom stereocenters. The summed E-state index contributed by atoms with van der Waals surface area (Å²) in [5.41, 5.74) is 0.799. The maximum Gasteiger partial charge on any atom is 0.194 e. The lowest BCUT2D eigenvalue weighted by Crippen LogP contribution is -2.39. The van der Waals surface area contributed by atoms with E-state index in [9.17, 15) is 0 Å². The zero-order valence-corrected chi connectivity index (χ0v) is 14.7. The Labute approximate surface area is 140 Å². The fraction of sp³-hybridized carbons (Fsp3) is 0.500. The van der Waals surface area contributed by atoms with Crippen LogP contribution in [0.4, 0.5) is 0 Å². The monoisotopic (exact) mass is 405 g/mol. The molecule has 0 aliphatic heterocycles. The van der Waals surface area contributed by atoms with E-state index in [1.807, 2.05) is 25.9 Å². The Bertz CT molecular complexity index is 552. The first-order valence-electron chi connectivity index (χ1n) is 6.42. The van der Waals surface area contributed by atoms with Crippen LogP contribution in [0.15, 0.2) is 28.2 Å². The molecule has 2 rings (SSSR count). The summed E-state index contributed by atoms with van der Waals surface area (Å²) in [6.45, 7) is 3.92. The minimum absolute atomic E-state index is 0. The Balaban J connectivity index is 0.00000220. The zero-order chi connectivity index (χ0) is 14.4. The van der Waals surface area contributed by atoms with E-state index < -0.39 is 0 Å². The third-order valence-corrected chi connectivity index (χ3v) is 2.76. The molecule has 1 N–H and O–H groups in total. The maximum atomic E-state index is 4.79. The van der Waals surface area contributed by atoms with E-state index in [4.69, 9.17) is 4.52 Å². The van der Waals surface area contributed by atoms with E-state index in [2.05, 4.69) is 25.5 Å². The third kappa shape index (κ3) is 4.99. The van der Waals surface area contributed by atoms with Crippen molar-refractivity contribution in [1.82, 2.24) is 30.1 Å². The van der Waals surface area contributed by atoms with E-state index in [1.165, 1.54) is 0 Å². The van der Waals surface area contributed by atoms with Crippen LogP contribution in [0, 0.1) is 0 Å². The third-order valence-electron chi connectivity index (χ3n) is 2.76. The van der Waals surface area contributed by atoms with Crippen LogP contribution < -0.4 is 5.32 Å². The van der Waals surface area contributed by atoms with Crippen LogP contribution >= 0.6 is 24.0 Å². The lowest BCUT2D eigenvalue weighted by Gasteiger charge is -2.21. The Kier molecular flexibility index (Phi) is 7.12. The summed E-state index contributed by atoms with van der Waals surface area (Å²) in [7, 11) is 3.83. The molecule has 116 valence electrons. The second-order valence-corrected chi connectivity index (χ2v) is 4.32. The molecule has 8 nitrogen and oxygen atoms in total. The molecular weight excluding hydrogens is 385 g/mol. The van der Waals surface area contributed by atoms with Gasteiger partial charge < -0.3 is 14.7 Å². The molecule has 0 unspecified atom stereocenters. The van der Waals surface area contributed by atoms with Crippen molar-refractivity contribution >= 4 is 29.9 Å². The van der Waals surface area contributed by atoms with E-state index in [-0.39, 0.29) is 24.0 Å². The fourth-order valence-electron chi connectivity index (χ4n) is 1.69. The highest BCUT2D eigenvalue weighted by Gasteiger charge is 2.10. The van der Waals surface area contributed by atoms with Crippen LogP contribution in [0.3, 0.4) is 0 Å². The van der Waals surface area contributed by atoms with Gasteiger partial charge in [-0.15, -0.1) is 24.0 Å². The first-order chi connectivity index (χ1) is 9.70. The van der Waals surface area contributed by atoms with Gasteiger partial charge in [-0.2, -0.15) is 5.10 Å². The lowest BCUT2D eigenvalue weighted by atomic mass is 10.4. The number of aryl methyl sites for hydroxylation is 1. The molecule has 9 heteroatoms. The van der Waals surface area contributed by atoms with Crippen LogP contribution in [0.2, 0.25) is 0 Å². The van der Waals surface area contributed by atoms with Gasteiger partial charge in [0.2, 0.25) is 0 Å². The van der Waals surface area contributed by atoms with Crippen LogP contribution in [-0.2, 0) is 20.1 Å². The van der Waals surface area contributed by atoms with E-state index >= 15 is 0 Å². The van der Waals surface area contributed by atoms with Gasteiger partial charge in [-0.3, -0.25) is 4.68 Å². The first-order valence-corrected chi connectivity index (χ1v) is 6.42. The molecule has 0 fully saturated rings. The van der Waals surface area contributed by atoms with E-state index in [0.29, 0.717) is 13.1 Å². The van der Waals surface area contributed by atoms with Gasteiger partial charge in [0, 0.05) is 26.7 Å².